The standard InChI is InChI=1S/C14H21N7O.HI/c1-10-18-13(19-22-10)7-16-14(15-2)21-5-4-11(9-21)12-6-17-20(3)8-12;/h6,8,11H,4-5,7,9H2,1-3H3,(H,15,16);1H. The zero-order chi connectivity index (χ0) is 15.5. The molecule has 1 aliphatic rings. The van der Waals surface area contributed by atoms with Gasteiger partial charge in [0.05, 0.1) is 12.7 Å². The molecule has 2 aromatic rings. The number of guanidine groups is 1. The Labute approximate surface area is 152 Å². The summed E-state index contributed by atoms with van der Waals surface area (Å²) in [5, 5.41) is 11.4. The Morgan fingerprint density at radius 2 is 2.35 bits per heavy atom. The van der Waals surface area contributed by atoms with Gasteiger partial charge in [0.1, 0.15) is 0 Å². The molecule has 126 valence electrons. The van der Waals surface area contributed by atoms with Crippen molar-refractivity contribution in [3.63, 3.8) is 0 Å². The lowest BCUT2D eigenvalue weighted by molar-refractivity contribution is 0.386. The van der Waals surface area contributed by atoms with E-state index >= 15 is 0 Å². The largest absolute Gasteiger partial charge is 0.349 e. The second-order valence-electron chi connectivity index (χ2n) is 5.51. The van der Waals surface area contributed by atoms with Crippen molar-refractivity contribution in [2.45, 2.75) is 25.8 Å². The van der Waals surface area contributed by atoms with Crippen LogP contribution in [0.5, 0.6) is 0 Å². The molecule has 1 unspecified atom stereocenters. The molecule has 1 saturated heterocycles. The molecule has 1 atom stereocenters. The first-order valence-electron chi connectivity index (χ1n) is 7.39. The summed E-state index contributed by atoms with van der Waals surface area (Å²) < 4.78 is 6.82. The van der Waals surface area contributed by atoms with Crippen LogP contribution in [0.4, 0.5) is 0 Å². The molecule has 2 aromatic heterocycles. The second-order valence-corrected chi connectivity index (χ2v) is 5.51. The number of aromatic nitrogens is 4. The van der Waals surface area contributed by atoms with E-state index in [4.69, 9.17) is 4.52 Å². The number of likely N-dealkylation sites (tertiary alicyclic amines) is 1. The van der Waals surface area contributed by atoms with Gasteiger partial charge >= 0.3 is 0 Å². The summed E-state index contributed by atoms with van der Waals surface area (Å²) in [4.78, 5) is 10.8. The van der Waals surface area contributed by atoms with Crippen molar-refractivity contribution in [3.8, 4) is 0 Å². The summed E-state index contributed by atoms with van der Waals surface area (Å²) in [5.74, 6) is 2.58. The lowest BCUT2D eigenvalue weighted by atomic mass is 10.0. The molecule has 23 heavy (non-hydrogen) atoms. The van der Waals surface area contributed by atoms with Crippen LogP contribution in [0.15, 0.2) is 21.9 Å². The van der Waals surface area contributed by atoms with Gasteiger partial charge in [0.2, 0.25) is 5.89 Å². The molecule has 0 saturated carbocycles. The van der Waals surface area contributed by atoms with E-state index in [1.165, 1.54) is 5.56 Å². The quantitative estimate of drug-likeness (QED) is 0.448. The van der Waals surface area contributed by atoms with Crippen LogP contribution in [0, 0.1) is 6.92 Å². The fourth-order valence-electron chi connectivity index (χ4n) is 2.78. The number of aryl methyl sites for hydroxylation is 2. The van der Waals surface area contributed by atoms with E-state index in [-0.39, 0.29) is 24.0 Å². The van der Waals surface area contributed by atoms with E-state index in [0.29, 0.717) is 24.2 Å². The molecule has 3 heterocycles. The normalized spacial score (nSPS) is 18.1. The Morgan fingerprint density at radius 3 is 2.96 bits per heavy atom. The zero-order valence-electron chi connectivity index (χ0n) is 13.6. The Bertz CT molecular complexity index is 666. The highest BCUT2D eigenvalue weighted by Gasteiger charge is 2.26. The fraction of sp³-hybridized carbons (Fsp3) is 0.571. The molecular formula is C14H22IN7O. The maximum Gasteiger partial charge on any atom is 0.223 e. The SMILES string of the molecule is CN=C(NCc1noc(C)n1)N1CCC(c2cnn(C)c2)C1.I. The second kappa shape index (κ2) is 7.75. The molecule has 0 amide bonds. The van der Waals surface area contributed by atoms with E-state index in [2.05, 4.69) is 36.6 Å². The third kappa shape index (κ3) is 4.21. The maximum atomic E-state index is 4.97. The van der Waals surface area contributed by atoms with Gasteiger partial charge in [-0.2, -0.15) is 10.1 Å². The van der Waals surface area contributed by atoms with Crippen molar-refractivity contribution in [1.82, 2.24) is 30.1 Å². The first kappa shape index (κ1) is 17.7. The minimum atomic E-state index is 0. The molecule has 0 aromatic carbocycles. The van der Waals surface area contributed by atoms with Crippen LogP contribution in [0.1, 0.15) is 29.6 Å². The van der Waals surface area contributed by atoms with Crippen LogP contribution in [0.3, 0.4) is 0 Å². The number of aliphatic imine (C=N–C) groups is 1. The van der Waals surface area contributed by atoms with Gasteiger partial charge < -0.3 is 14.7 Å². The molecule has 0 spiro atoms. The summed E-state index contributed by atoms with van der Waals surface area (Å²) in [7, 11) is 3.74. The minimum absolute atomic E-state index is 0. The fourth-order valence-corrected chi connectivity index (χ4v) is 2.78. The zero-order valence-corrected chi connectivity index (χ0v) is 15.9. The topological polar surface area (TPSA) is 84.4 Å². The number of hydrogen-bond donors (Lipinski definition) is 1. The van der Waals surface area contributed by atoms with Crippen molar-refractivity contribution in [1.29, 1.82) is 0 Å². The van der Waals surface area contributed by atoms with Crippen molar-refractivity contribution in [2.24, 2.45) is 12.0 Å². The van der Waals surface area contributed by atoms with E-state index in [0.717, 1.165) is 25.5 Å². The van der Waals surface area contributed by atoms with Crippen molar-refractivity contribution >= 4 is 29.9 Å². The Hall–Kier alpha value is -1.65. The van der Waals surface area contributed by atoms with Gasteiger partial charge in [0, 0.05) is 46.2 Å². The highest BCUT2D eigenvalue weighted by atomic mass is 127. The Balaban J connectivity index is 0.00000192. The van der Waals surface area contributed by atoms with Crippen molar-refractivity contribution in [3.05, 3.63) is 29.7 Å². The molecule has 9 heteroatoms. The van der Waals surface area contributed by atoms with Crippen molar-refractivity contribution < 1.29 is 4.52 Å². The number of halogens is 1. The van der Waals surface area contributed by atoms with E-state index in [1.807, 2.05) is 17.9 Å². The highest BCUT2D eigenvalue weighted by Crippen LogP contribution is 2.26. The molecule has 1 aliphatic heterocycles. The molecule has 0 bridgehead atoms. The van der Waals surface area contributed by atoms with Crippen LogP contribution in [0.2, 0.25) is 0 Å². The first-order valence-corrected chi connectivity index (χ1v) is 7.39. The van der Waals surface area contributed by atoms with Crippen LogP contribution in [-0.2, 0) is 13.6 Å². The average Bonchev–Trinajstić information content (AvgIpc) is 3.21. The smallest absolute Gasteiger partial charge is 0.223 e. The number of nitrogens with zero attached hydrogens (tertiary/aromatic N) is 6. The Morgan fingerprint density at radius 1 is 1.52 bits per heavy atom. The lowest BCUT2D eigenvalue weighted by Crippen LogP contribution is -2.39. The first-order chi connectivity index (χ1) is 10.7. The van der Waals surface area contributed by atoms with Crippen LogP contribution in [0.25, 0.3) is 0 Å². The summed E-state index contributed by atoms with van der Waals surface area (Å²) in [6.07, 6.45) is 5.15. The van der Waals surface area contributed by atoms with Gasteiger partial charge in [0.15, 0.2) is 11.8 Å². The number of hydrogen-bond acceptors (Lipinski definition) is 5. The minimum Gasteiger partial charge on any atom is -0.349 e. The predicted octanol–water partition coefficient (Wildman–Crippen LogP) is 1.29. The molecule has 0 aliphatic carbocycles. The van der Waals surface area contributed by atoms with E-state index < -0.39 is 0 Å². The summed E-state index contributed by atoms with van der Waals surface area (Å²) in [6.45, 7) is 4.21. The molecular weight excluding hydrogens is 409 g/mol. The molecule has 3 rings (SSSR count). The highest BCUT2D eigenvalue weighted by molar-refractivity contribution is 14.0. The Kier molecular flexibility index (Phi) is 5.97. The van der Waals surface area contributed by atoms with Crippen LogP contribution >= 0.6 is 24.0 Å². The van der Waals surface area contributed by atoms with Crippen LogP contribution < -0.4 is 5.32 Å². The van der Waals surface area contributed by atoms with Gasteiger partial charge in [0.25, 0.3) is 0 Å². The monoisotopic (exact) mass is 431 g/mol. The third-order valence-corrected chi connectivity index (χ3v) is 3.87. The van der Waals surface area contributed by atoms with Gasteiger partial charge in [-0.25, -0.2) is 0 Å². The van der Waals surface area contributed by atoms with E-state index in [1.54, 1.807) is 14.0 Å². The van der Waals surface area contributed by atoms with Crippen molar-refractivity contribution in [2.75, 3.05) is 20.1 Å². The molecule has 1 fully saturated rings. The summed E-state index contributed by atoms with van der Waals surface area (Å²) >= 11 is 0. The van der Waals surface area contributed by atoms with Crippen LogP contribution in [-0.4, -0.2) is 50.9 Å². The van der Waals surface area contributed by atoms with Gasteiger partial charge in [-0.1, -0.05) is 5.16 Å². The van der Waals surface area contributed by atoms with Gasteiger partial charge in [-0.05, 0) is 12.0 Å². The average molecular weight is 431 g/mol. The predicted molar refractivity (Wildman–Crippen MR) is 96.8 cm³/mol. The lowest BCUT2D eigenvalue weighted by Gasteiger charge is -2.20. The number of nitrogens with one attached hydrogen (secondary N) is 1. The van der Waals surface area contributed by atoms with E-state index in [9.17, 15) is 0 Å². The summed E-state index contributed by atoms with van der Waals surface area (Å²) in [5.41, 5.74) is 1.29. The summed E-state index contributed by atoms with van der Waals surface area (Å²) in [6, 6.07) is 0. The molecule has 0 radical (unpaired) electrons. The number of rotatable bonds is 3. The molecule has 8 nitrogen and oxygen atoms in total. The maximum absolute atomic E-state index is 4.97. The van der Waals surface area contributed by atoms with Gasteiger partial charge in [-0.15, -0.1) is 24.0 Å². The molecule has 1 N–H and O–H groups in total. The van der Waals surface area contributed by atoms with Gasteiger partial charge in [-0.3, -0.25) is 9.67 Å². The third-order valence-electron chi connectivity index (χ3n) is 3.87.